The van der Waals surface area contributed by atoms with Crippen molar-refractivity contribution in [3.63, 3.8) is 0 Å². The fraction of sp³-hybridized carbons (Fsp3) is 0.474. The number of hydrogen-bond acceptors (Lipinski definition) is 4. The average molecular weight is 326 g/mol. The first-order chi connectivity index (χ1) is 11.8. The van der Waals surface area contributed by atoms with Gasteiger partial charge in [-0.25, -0.2) is 0 Å². The van der Waals surface area contributed by atoms with Crippen molar-refractivity contribution in [1.29, 1.82) is 0 Å². The number of fused-ring (bicyclic) bond motifs is 1. The number of carbonyl (C=O) groups is 1. The highest BCUT2D eigenvalue weighted by molar-refractivity contribution is 5.83. The molecule has 2 saturated heterocycles. The van der Waals surface area contributed by atoms with Crippen LogP contribution in [0.1, 0.15) is 24.3 Å². The number of ether oxygens (including phenoxy) is 2. The number of benzene rings is 1. The fourth-order valence-corrected chi connectivity index (χ4v) is 3.72. The molecule has 0 spiro atoms. The Hall–Kier alpha value is -1.98. The smallest absolute Gasteiger partial charge is 0.254 e. The van der Waals surface area contributed by atoms with Crippen LogP contribution >= 0.6 is 0 Å². The minimum atomic E-state index is -0.419. The van der Waals surface area contributed by atoms with Crippen molar-refractivity contribution in [2.24, 2.45) is 0 Å². The lowest BCUT2D eigenvalue weighted by atomic mass is 9.87. The first-order valence-corrected chi connectivity index (χ1v) is 8.65. The molecular weight excluding hydrogens is 304 g/mol. The highest BCUT2D eigenvalue weighted by atomic mass is 16.6. The predicted molar refractivity (Wildman–Crippen MR) is 90.9 cm³/mol. The highest BCUT2D eigenvalue weighted by Gasteiger charge is 2.31. The van der Waals surface area contributed by atoms with Crippen LogP contribution in [0, 0.1) is 0 Å². The van der Waals surface area contributed by atoms with E-state index >= 15 is 0 Å². The molecular formula is C19H22N2O3. The SMILES string of the molecule is O=C(C1COCCO1)N1CCC(c2ccnc3ccccc23)CC1. The summed E-state index contributed by atoms with van der Waals surface area (Å²) in [6.07, 6.45) is 3.43. The number of piperidine rings is 1. The monoisotopic (exact) mass is 326 g/mol. The summed E-state index contributed by atoms with van der Waals surface area (Å²) in [5.74, 6) is 0.554. The van der Waals surface area contributed by atoms with E-state index in [0.29, 0.717) is 25.7 Å². The normalized spacial score (nSPS) is 22.7. The van der Waals surface area contributed by atoms with Crippen LogP contribution in [0.3, 0.4) is 0 Å². The van der Waals surface area contributed by atoms with Gasteiger partial charge in [-0.2, -0.15) is 0 Å². The van der Waals surface area contributed by atoms with Gasteiger partial charge in [0.25, 0.3) is 5.91 Å². The molecule has 2 aromatic rings. The zero-order valence-electron chi connectivity index (χ0n) is 13.7. The van der Waals surface area contributed by atoms with Gasteiger partial charge in [-0.05, 0) is 36.5 Å². The van der Waals surface area contributed by atoms with Crippen LogP contribution in [0.2, 0.25) is 0 Å². The summed E-state index contributed by atoms with van der Waals surface area (Å²) < 4.78 is 10.9. The van der Waals surface area contributed by atoms with E-state index in [-0.39, 0.29) is 5.91 Å². The average Bonchev–Trinajstić information content (AvgIpc) is 2.68. The molecule has 1 unspecified atom stereocenters. The van der Waals surface area contributed by atoms with E-state index in [1.165, 1.54) is 10.9 Å². The maximum Gasteiger partial charge on any atom is 0.254 e. The van der Waals surface area contributed by atoms with Gasteiger partial charge in [0, 0.05) is 24.7 Å². The molecule has 0 radical (unpaired) electrons. The van der Waals surface area contributed by atoms with Crippen molar-refractivity contribution in [1.82, 2.24) is 9.88 Å². The fourth-order valence-electron chi connectivity index (χ4n) is 3.72. The molecule has 0 aliphatic carbocycles. The summed E-state index contributed by atoms with van der Waals surface area (Å²) in [4.78, 5) is 18.9. The third-order valence-electron chi connectivity index (χ3n) is 5.02. The third-order valence-corrected chi connectivity index (χ3v) is 5.02. The molecule has 1 atom stereocenters. The molecule has 1 amide bonds. The molecule has 1 aromatic carbocycles. The lowest BCUT2D eigenvalue weighted by Crippen LogP contribution is -2.47. The summed E-state index contributed by atoms with van der Waals surface area (Å²) in [6, 6.07) is 10.4. The topological polar surface area (TPSA) is 51.7 Å². The van der Waals surface area contributed by atoms with Gasteiger partial charge in [0.05, 0.1) is 25.3 Å². The Bertz CT molecular complexity index is 714. The Kier molecular flexibility index (Phi) is 4.45. The molecule has 0 N–H and O–H groups in total. The van der Waals surface area contributed by atoms with Crippen LogP contribution in [0.15, 0.2) is 36.5 Å². The minimum Gasteiger partial charge on any atom is -0.376 e. The molecule has 2 fully saturated rings. The first kappa shape index (κ1) is 15.5. The zero-order chi connectivity index (χ0) is 16.4. The zero-order valence-corrected chi connectivity index (χ0v) is 13.7. The van der Waals surface area contributed by atoms with Crippen LogP contribution in [-0.2, 0) is 14.3 Å². The maximum absolute atomic E-state index is 12.5. The number of para-hydroxylation sites is 1. The number of hydrogen-bond donors (Lipinski definition) is 0. The summed E-state index contributed by atoms with van der Waals surface area (Å²) in [6.45, 7) is 3.03. The second-order valence-electron chi connectivity index (χ2n) is 6.45. The summed E-state index contributed by atoms with van der Waals surface area (Å²) in [7, 11) is 0. The van der Waals surface area contributed by atoms with Crippen molar-refractivity contribution in [2.75, 3.05) is 32.9 Å². The minimum absolute atomic E-state index is 0.0766. The quantitative estimate of drug-likeness (QED) is 0.850. The molecule has 1 aromatic heterocycles. The van der Waals surface area contributed by atoms with Gasteiger partial charge in [-0.3, -0.25) is 9.78 Å². The standard InChI is InChI=1S/C19H22N2O3/c22-19(18-13-23-11-12-24-18)21-9-6-14(7-10-21)15-5-8-20-17-4-2-1-3-16(15)17/h1-5,8,14,18H,6-7,9-13H2. The Balaban J connectivity index is 1.45. The molecule has 24 heavy (non-hydrogen) atoms. The van der Waals surface area contributed by atoms with Crippen molar-refractivity contribution in [3.8, 4) is 0 Å². The van der Waals surface area contributed by atoms with E-state index in [9.17, 15) is 4.79 Å². The van der Waals surface area contributed by atoms with Gasteiger partial charge in [0.15, 0.2) is 6.10 Å². The van der Waals surface area contributed by atoms with E-state index in [1.54, 1.807) is 0 Å². The number of aromatic nitrogens is 1. The molecule has 0 saturated carbocycles. The van der Waals surface area contributed by atoms with Gasteiger partial charge in [-0.1, -0.05) is 18.2 Å². The van der Waals surface area contributed by atoms with Crippen molar-refractivity contribution in [2.45, 2.75) is 24.9 Å². The number of pyridine rings is 1. The Labute approximate surface area is 141 Å². The number of likely N-dealkylation sites (tertiary alicyclic amines) is 1. The van der Waals surface area contributed by atoms with E-state index in [0.717, 1.165) is 31.4 Å². The lowest BCUT2D eigenvalue weighted by Gasteiger charge is -2.35. The summed E-state index contributed by atoms with van der Waals surface area (Å²) >= 11 is 0. The number of amides is 1. The van der Waals surface area contributed by atoms with Crippen LogP contribution < -0.4 is 0 Å². The Morgan fingerprint density at radius 2 is 1.96 bits per heavy atom. The summed E-state index contributed by atoms with van der Waals surface area (Å²) in [5, 5.41) is 1.23. The van der Waals surface area contributed by atoms with Crippen LogP contribution in [0.4, 0.5) is 0 Å². The van der Waals surface area contributed by atoms with Crippen LogP contribution in [0.5, 0.6) is 0 Å². The van der Waals surface area contributed by atoms with Crippen molar-refractivity contribution < 1.29 is 14.3 Å². The second-order valence-corrected chi connectivity index (χ2v) is 6.45. The molecule has 2 aliphatic rings. The second kappa shape index (κ2) is 6.87. The van der Waals surface area contributed by atoms with E-state index in [1.807, 2.05) is 17.2 Å². The highest BCUT2D eigenvalue weighted by Crippen LogP contribution is 2.32. The third kappa shape index (κ3) is 3.01. The van der Waals surface area contributed by atoms with E-state index < -0.39 is 6.10 Å². The van der Waals surface area contributed by atoms with Crippen LogP contribution in [-0.4, -0.2) is 54.8 Å². The van der Waals surface area contributed by atoms with E-state index in [2.05, 4.69) is 29.2 Å². The Morgan fingerprint density at radius 3 is 2.75 bits per heavy atom. The first-order valence-electron chi connectivity index (χ1n) is 8.65. The Morgan fingerprint density at radius 1 is 1.12 bits per heavy atom. The van der Waals surface area contributed by atoms with Gasteiger partial charge in [0.1, 0.15) is 0 Å². The molecule has 0 bridgehead atoms. The van der Waals surface area contributed by atoms with Crippen molar-refractivity contribution >= 4 is 16.8 Å². The number of carbonyl (C=O) groups excluding carboxylic acids is 1. The molecule has 5 nitrogen and oxygen atoms in total. The molecule has 5 heteroatoms. The van der Waals surface area contributed by atoms with E-state index in [4.69, 9.17) is 9.47 Å². The number of rotatable bonds is 2. The lowest BCUT2D eigenvalue weighted by molar-refractivity contribution is -0.158. The maximum atomic E-state index is 12.5. The van der Waals surface area contributed by atoms with Gasteiger partial charge >= 0.3 is 0 Å². The van der Waals surface area contributed by atoms with Gasteiger partial charge < -0.3 is 14.4 Å². The molecule has 126 valence electrons. The largest absolute Gasteiger partial charge is 0.376 e. The van der Waals surface area contributed by atoms with Crippen molar-refractivity contribution in [3.05, 3.63) is 42.1 Å². The van der Waals surface area contributed by atoms with Gasteiger partial charge in [0.2, 0.25) is 0 Å². The molecule has 2 aliphatic heterocycles. The van der Waals surface area contributed by atoms with Crippen LogP contribution in [0.25, 0.3) is 10.9 Å². The molecule has 4 rings (SSSR count). The van der Waals surface area contributed by atoms with Gasteiger partial charge in [-0.15, -0.1) is 0 Å². The number of nitrogens with zero attached hydrogens (tertiary/aromatic N) is 2. The molecule has 3 heterocycles. The summed E-state index contributed by atoms with van der Waals surface area (Å²) in [5.41, 5.74) is 2.39. The predicted octanol–water partition coefficient (Wildman–Crippen LogP) is 2.36.